The predicted molar refractivity (Wildman–Crippen MR) is 121 cm³/mol. The number of amides is 1. The summed E-state index contributed by atoms with van der Waals surface area (Å²) in [4.78, 5) is 17.3. The number of aryl methyl sites for hydroxylation is 1. The Labute approximate surface area is 179 Å². The Hall–Kier alpha value is -2.62. The fraction of sp³-hybridized carbons (Fsp3) is 0.240. The Morgan fingerprint density at radius 1 is 0.724 bits per heavy atom. The van der Waals surface area contributed by atoms with Gasteiger partial charge in [0.15, 0.2) is 0 Å². The molecule has 4 heteroatoms. The number of hydrogen-bond acceptors (Lipinski definition) is 2. The summed E-state index contributed by atoms with van der Waals surface area (Å²) in [5, 5.41) is 0. The highest BCUT2D eigenvalue weighted by Crippen LogP contribution is 2.29. The molecule has 1 aliphatic rings. The van der Waals surface area contributed by atoms with Crippen LogP contribution in [0.4, 0.5) is 0 Å². The van der Waals surface area contributed by atoms with Crippen LogP contribution in [-0.2, 0) is 0 Å². The fourth-order valence-corrected chi connectivity index (χ4v) is 3.95. The van der Waals surface area contributed by atoms with E-state index in [0.29, 0.717) is 0 Å². The van der Waals surface area contributed by atoms with Gasteiger partial charge in [-0.3, -0.25) is 9.69 Å². The number of rotatable bonds is 4. The highest BCUT2D eigenvalue weighted by atomic mass is 35.5. The predicted octanol–water partition coefficient (Wildman–Crippen LogP) is 4.96. The van der Waals surface area contributed by atoms with Crippen LogP contribution < -0.4 is 0 Å². The molecular formula is C25H27ClN2O. The van der Waals surface area contributed by atoms with E-state index in [-0.39, 0.29) is 24.4 Å². The number of carbonyl (C=O) groups excluding carboxylic acids is 1. The average molecular weight is 407 g/mol. The molecule has 0 unspecified atom stereocenters. The van der Waals surface area contributed by atoms with Gasteiger partial charge in [0.05, 0.1) is 6.04 Å². The molecule has 150 valence electrons. The molecule has 1 saturated heterocycles. The smallest absolute Gasteiger partial charge is 0.253 e. The molecule has 0 aliphatic carbocycles. The van der Waals surface area contributed by atoms with Gasteiger partial charge in [0, 0.05) is 31.7 Å². The van der Waals surface area contributed by atoms with Crippen molar-refractivity contribution in [3.8, 4) is 0 Å². The zero-order valence-electron chi connectivity index (χ0n) is 16.7. The number of nitrogens with zero attached hydrogens (tertiary/aromatic N) is 2. The van der Waals surface area contributed by atoms with Crippen LogP contribution in [0.2, 0.25) is 0 Å². The largest absolute Gasteiger partial charge is 0.336 e. The van der Waals surface area contributed by atoms with E-state index in [1.807, 2.05) is 36.1 Å². The van der Waals surface area contributed by atoms with Crippen molar-refractivity contribution in [1.29, 1.82) is 0 Å². The molecule has 0 radical (unpaired) electrons. The van der Waals surface area contributed by atoms with Crippen LogP contribution in [0.5, 0.6) is 0 Å². The highest BCUT2D eigenvalue weighted by Gasteiger charge is 2.28. The quantitative estimate of drug-likeness (QED) is 0.611. The lowest BCUT2D eigenvalue weighted by Gasteiger charge is -2.39. The topological polar surface area (TPSA) is 23.6 Å². The van der Waals surface area contributed by atoms with Crippen LogP contribution in [0.1, 0.15) is 33.1 Å². The second kappa shape index (κ2) is 9.73. The Kier molecular flexibility index (Phi) is 7.08. The maximum Gasteiger partial charge on any atom is 0.253 e. The Morgan fingerprint density at radius 3 is 1.69 bits per heavy atom. The normalized spacial score (nSPS) is 14.5. The molecule has 1 fully saturated rings. The zero-order chi connectivity index (χ0) is 19.3. The molecule has 29 heavy (non-hydrogen) atoms. The number of benzene rings is 3. The second-order valence-corrected chi connectivity index (χ2v) is 7.42. The van der Waals surface area contributed by atoms with E-state index in [0.717, 1.165) is 31.7 Å². The maximum absolute atomic E-state index is 12.8. The monoisotopic (exact) mass is 406 g/mol. The third-order valence-corrected chi connectivity index (χ3v) is 5.50. The third-order valence-electron chi connectivity index (χ3n) is 5.50. The molecule has 0 N–H and O–H groups in total. The minimum absolute atomic E-state index is 0. The maximum atomic E-state index is 12.8. The first-order chi connectivity index (χ1) is 13.7. The van der Waals surface area contributed by atoms with Gasteiger partial charge in [0.1, 0.15) is 0 Å². The van der Waals surface area contributed by atoms with E-state index >= 15 is 0 Å². The first kappa shape index (κ1) is 21.1. The summed E-state index contributed by atoms with van der Waals surface area (Å²) >= 11 is 0. The second-order valence-electron chi connectivity index (χ2n) is 7.42. The van der Waals surface area contributed by atoms with Crippen LogP contribution in [0.25, 0.3) is 0 Å². The van der Waals surface area contributed by atoms with Crippen molar-refractivity contribution >= 4 is 18.3 Å². The van der Waals surface area contributed by atoms with Crippen molar-refractivity contribution in [3.05, 3.63) is 107 Å². The molecule has 1 aliphatic heterocycles. The van der Waals surface area contributed by atoms with Gasteiger partial charge in [-0.15, -0.1) is 12.4 Å². The van der Waals surface area contributed by atoms with E-state index < -0.39 is 0 Å². The van der Waals surface area contributed by atoms with E-state index in [1.54, 1.807) is 0 Å². The highest BCUT2D eigenvalue weighted by molar-refractivity contribution is 5.94. The number of carbonyl (C=O) groups is 1. The lowest BCUT2D eigenvalue weighted by molar-refractivity contribution is 0.0597. The number of halogens is 1. The molecular weight excluding hydrogens is 380 g/mol. The first-order valence-electron chi connectivity index (χ1n) is 9.92. The summed E-state index contributed by atoms with van der Waals surface area (Å²) < 4.78 is 0. The standard InChI is InChI=1S/C25H26N2O.ClH/c1-20-12-14-23(15-13-20)25(28)27-18-16-26(17-19-27)24(21-8-4-2-5-9-21)22-10-6-3-7-11-22;/h2-15,24H,16-19H2,1H3;1H. The lowest BCUT2D eigenvalue weighted by atomic mass is 9.96. The van der Waals surface area contributed by atoms with Crippen molar-refractivity contribution in [2.75, 3.05) is 26.2 Å². The lowest BCUT2D eigenvalue weighted by Crippen LogP contribution is -2.49. The minimum Gasteiger partial charge on any atom is -0.336 e. The van der Waals surface area contributed by atoms with Crippen LogP contribution >= 0.6 is 12.4 Å². The molecule has 0 spiro atoms. The van der Waals surface area contributed by atoms with Gasteiger partial charge in [-0.25, -0.2) is 0 Å². The number of piperazine rings is 1. The fourth-order valence-electron chi connectivity index (χ4n) is 3.95. The molecule has 3 nitrogen and oxygen atoms in total. The van der Waals surface area contributed by atoms with Gasteiger partial charge in [-0.1, -0.05) is 78.4 Å². The molecule has 0 aromatic heterocycles. The van der Waals surface area contributed by atoms with Crippen molar-refractivity contribution in [2.24, 2.45) is 0 Å². The Bertz CT molecular complexity index is 865. The van der Waals surface area contributed by atoms with Gasteiger partial charge in [0.25, 0.3) is 5.91 Å². The molecule has 1 heterocycles. The Balaban J connectivity index is 0.00000240. The van der Waals surface area contributed by atoms with E-state index in [2.05, 4.69) is 65.6 Å². The van der Waals surface area contributed by atoms with Crippen LogP contribution in [0.15, 0.2) is 84.9 Å². The van der Waals surface area contributed by atoms with E-state index in [9.17, 15) is 4.79 Å². The van der Waals surface area contributed by atoms with Gasteiger partial charge < -0.3 is 4.90 Å². The average Bonchev–Trinajstić information content (AvgIpc) is 2.76. The molecule has 3 aromatic rings. The molecule has 0 saturated carbocycles. The minimum atomic E-state index is 0. The van der Waals surface area contributed by atoms with Crippen LogP contribution in [0.3, 0.4) is 0 Å². The summed E-state index contributed by atoms with van der Waals surface area (Å²) in [5.74, 6) is 0.135. The van der Waals surface area contributed by atoms with Crippen molar-refractivity contribution in [1.82, 2.24) is 9.80 Å². The summed E-state index contributed by atoms with van der Waals surface area (Å²) in [6.07, 6.45) is 0. The van der Waals surface area contributed by atoms with E-state index in [4.69, 9.17) is 0 Å². The zero-order valence-corrected chi connectivity index (χ0v) is 17.5. The Morgan fingerprint density at radius 2 is 1.21 bits per heavy atom. The molecule has 0 bridgehead atoms. The summed E-state index contributed by atoms with van der Waals surface area (Å²) in [6, 6.07) is 29.4. The van der Waals surface area contributed by atoms with Gasteiger partial charge in [0.2, 0.25) is 0 Å². The van der Waals surface area contributed by atoms with E-state index in [1.165, 1.54) is 16.7 Å². The van der Waals surface area contributed by atoms with Crippen molar-refractivity contribution < 1.29 is 4.79 Å². The van der Waals surface area contributed by atoms with Crippen molar-refractivity contribution in [2.45, 2.75) is 13.0 Å². The summed E-state index contributed by atoms with van der Waals surface area (Å²) in [5.41, 5.74) is 4.55. The molecule has 1 amide bonds. The molecule has 0 atom stereocenters. The number of hydrogen-bond donors (Lipinski definition) is 0. The molecule has 4 rings (SSSR count). The first-order valence-corrected chi connectivity index (χ1v) is 9.92. The van der Waals surface area contributed by atoms with Gasteiger partial charge in [-0.05, 0) is 30.2 Å². The van der Waals surface area contributed by atoms with Crippen molar-refractivity contribution in [3.63, 3.8) is 0 Å². The molecule has 3 aromatic carbocycles. The summed E-state index contributed by atoms with van der Waals surface area (Å²) in [6.45, 7) is 5.28. The third kappa shape index (κ3) is 4.87. The summed E-state index contributed by atoms with van der Waals surface area (Å²) in [7, 11) is 0. The van der Waals surface area contributed by atoms with Crippen LogP contribution in [-0.4, -0.2) is 41.9 Å². The van der Waals surface area contributed by atoms with Gasteiger partial charge >= 0.3 is 0 Å². The SMILES string of the molecule is Cc1ccc(C(=O)N2CCN(C(c3ccccc3)c3ccccc3)CC2)cc1.Cl. The van der Waals surface area contributed by atoms with Crippen LogP contribution in [0, 0.1) is 6.92 Å². The van der Waals surface area contributed by atoms with Gasteiger partial charge in [-0.2, -0.15) is 0 Å².